The minimum Gasteiger partial charge on any atom is -0.397 e. The highest BCUT2D eigenvalue weighted by molar-refractivity contribution is 7.07. The van der Waals surface area contributed by atoms with Gasteiger partial charge in [-0.1, -0.05) is 104 Å². The van der Waals surface area contributed by atoms with Gasteiger partial charge in [0, 0.05) is 12.3 Å². The van der Waals surface area contributed by atoms with Gasteiger partial charge in [-0.25, -0.2) is 0 Å². The highest BCUT2D eigenvalue weighted by Gasteiger charge is 2.65. The van der Waals surface area contributed by atoms with Gasteiger partial charge in [0.25, 0.3) is 8.32 Å². The fourth-order valence-corrected chi connectivity index (χ4v) is 12.9. The van der Waals surface area contributed by atoms with Crippen molar-refractivity contribution in [1.82, 2.24) is 0 Å². The van der Waals surface area contributed by atoms with E-state index < -0.39 is 20.2 Å². The van der Waals surface area contributed by atoms with Gasteiger partial charge in [-0.15, -0.1) is 0 Å². The summed E-state index contributed by atoms with van der Waals surface area (Å²) in [6.45, 7) is 5.91. The van der Waals surface area contributed by atoms with Crippen LogP contribution in [0.1, 0.15) is 44.9 Å². The quantitative estimate of drug-likeness (QED) is 0.284. The molecule has 7 rings (SSSR count). The van der Waals surface area contributed by atoms with Crippen LogP contribution < -0.4 is 15.6 Å². The summed E-state index contributed by atoms with van der Waals surface area (Å²) in [5.74, 6) is -0.194. The van der Waals surface area contributed by atoms with Gasteiger partial charge in [-0.2, -0.15) is 0 Å². The highest BCUT2D eigenvalue weighted by atomic mass is 28.4. The van der Waals surface area contributed by atoms with Gasteiger partial charge in [0.2, 0.25) is 0 Å². The first kappa shape index (κ1) is 26.4. The molecule has 3 saturated carbocycles. The number of aliphatic hydroxyl groups is 1. The van der Waals surface area contributed by atoms with E-state index in [4.69, 9.17) is 13.9 Å². The van der Waals surface area contributed by atoms with E-state index in [9.17, 15) is 5.11 Å². The number of ether oxygens (including phenoxy) is 2. The van der Waals surface area contributed by atoms with Crippen molar-refractivity contribution in [3.05, 3.63) is 103 Å². The molecule has 1 N–H and O–H groups in total. The van der Waals surface area contributed by atoms with E-state index in [0.717, 1.165) is 44.1 Å². The smallest absolute Gasteiger partial charge is 0.288 e. The molecule has 4 fully saturated rings. The van der Waals surface area contributed by atoms with Crippen LogP contribution in [-0.2, 0) is 13.9 Å². The lowest BCUT2D eigenvalue weighted by Crippen LogP contribution is -2.70. The summed E-state index contributed by atoms with van der Waals surface area (Å²) >= 11 is 0. The average molecular weight is 553 g/mol. The van der Waals surface area contributed by atoms with Gasteiger partial charge in [-0.3, -0.25) is 0 Å². The number of hydrogen-bond acceptors (Lipinski definition) is 4. The minimum absolute atomic E-state index is 0.00642. The third-order valence-electron chi connectivity index (χ3n) is 10.4. The predicted molar refractivity (Wildman–Crippen MR) is 160 cm³/mol. The first-order chi connectivity index (χ1) is 19.6. The van der Waals surface area contributed by atoms with Crippen LogP contribution in [0.5, 0.6) is 0 Å². The van der Waals surface area contributed by atoms with Gasteiger partial charge in [0.05, 0.1) is 25.4 Å². The van der Waals surface area contributed by atoms with Gasteiger partial charge in [0.1, 0.15) is 0 Å². The molecule has 4 aliphatic rings. The van der Waals surface area contributed by atoms with Crippen LogP contribution in [-0.4, -0.2) is 44.6 Å². The second kappa shape index (κ2) is 10.4. The molecule has 3 aliphatic carbocycles. The van der Waals surface area contributed by atoms with Crippen LogP contribution in [0.4, 0.5) is 0 Å². The molecule has 0 radical (unpaired) electrons. The van der Waals surface area contributed by atoms with Gasteiger partial charge >= 0.3 is 0 Å². The molecular weight excluding hydrogens is 512 g/mol. The largest absolute Gasteiger partial charge is 0.397 e. The van der Waals surface area contributed by atoms with Crippen LogP contribution in [0.25, 0.3) is 0 Å². The molecule has 0 aromatic heterocycles. The highest BCUT2D eigenvalue weighted by Crippen LogP contribution is 2.65. The molecule has 1 saturated heterocycles. The van der Waals surface area contributed by atoms with Crippen LogP contribution in [0, 0.1) is 17.3 Å². The summed E-state index contributed by atoms with van der Waals surface area (Å²) in [5, 5.41) is 15.4. The zero-order valence-electron chi connectivity index (χ0n) is 23.2. The summed E-state index contributed by atoms with van der Waals surface area (Å²) in [4.78, 5) is 0. The maximum absolute atomic E-state index is 11.7. The molecule has 1 spiro atoms. The van der Waals surface area contributed by atoms with Gasteiger partial charge in [0.15, 0.2) is 5.79 Å². The Kier molecular flexibility index (Phi) is 6.84. The molecule has 3 unspecified atom stereocenters. The second-order valence-corrected chi connectivity index (χ2v) is 15.8. The molecule has 0 amide bonds. The summed E-state index contributed by atoms with van der Waals surface area (Å²) in [5.41, 5.74) is 1.03. The maximum atomic E-state index is 11.7. The standard InChI is InChI=1S/C35H40O4Si/c1-26-24-31(36)30-18-11-19-34(20-21-35(33(30)34)37-22-23-38-35)25-32(26)39-40(27-12-5-2-6-13-27,28-14-7-3-8-15-28)29-16-9-4-10-17-29/h2-10,12-17,30-33,36H,1,11,18-25H2/t30?,31-,32+,33?,34?/m1/s1. The zero-order chi connectivity index (χ0) is 27.2. The lowest BCUT2D eigenvalue weighted by atomic mass is 9.56. The van der Waals surface area contributed by atoms with E-state index >= 15 is 0 Å². The van der Waals surface area contributed by atoms with Crippen molar-refractivity contribution in [3.8, 4) is 0 Å². The summed E-state index contributed by atoms with van der Waals surface area (Å²) in [7, 11) is -2.95. The monoisotopic (exact) mass is 552 g/mol. The number of aliphatic hydroxyl groups excluding tert-OH is 1. The number of hydrogen-bond donors (Lipinski definition) is 1. The molecule has 40 heavy (non-hydrogen) atoms. The molecule has 2 bridgehead atoms. The number of benzene rings is 3. The van der Waals surface area contributed by atoms with Crippen molar-refractivity contribution in [2.45, 2.75) is 62.9 Å². The Morgan fingerprint density at radius 2 is 1.32 bits per heavy atom. The first-order valence-electron chi connectivity index (χ1n) is 15.0. The Morgan fingerprint density at radius 3 is 1.88 bits per heavy atom. The van der Waals surface area contributed by atoms with E-state index in [1.807, 2.05) is 0 Å². The Balaban J connectivity index is 1.37. The molecule has 4 nitrogen and oxygen atoms in total. The fourth-order valence-electron chi connectivity index (χ4n) is 8.78. The van der Waals surface area contributed by atoms with Crippen molar-refractivity contribution in [1.29, 1.82) is 0 Å². The SMILES string of the molecule is C=C1C[C@@H](O)C2CCCC3(CCC4(OCCO4)C23)C[C@@H]1O[Si](c1ccccc1)(c1ccccc1)c1ccccc1. The Morgan fingerprint density at radius 1 is 0.775 bits per heavy atom. The summed E-state index contributed by atoms with van der Waals surface area (Å²) in [6, 6.07) is 32.4. The zero-order valence-corrected chi connectivity index (χ0v) is 24.2. The third kappa shape index (κ3) is 4.17. The lowest BCUT2D eigenvalue weighted by molar-refractivity contribution is -0.228. The summed E-state index contributed by atoms with van der Waals surface area (Å²) in [6.07, 6.45) is 6.04. The third-order valence-corrected chi connectivity index (χ3v) is 14.5. The summed E-state index contributed by atoms with van der Waals surface area (Å²) < 4.78 is 20.6. The topological polar surface area (TPSA) is 47.9 Å². The molecule has 5 atom stereocenters. The molecule has 1 aliphatic heterocycles. The van der Waals surface area contributed by atoms with E-state index in [-0.39, 0.29) is 23.4 Å². The van der Waals surface area contributed by atoms with Crippen molar-refractivity contribution < 1.29 is 19.0 Å². The van der Waals surface area contributed by atoms with Crippen LogP contribution in [0.2, 0.25) is 0 Å². The molecule has 3 aromatic carbocycles. The van der Waals surface area contributed by atoms with Crippen LogP contribution in [0.3, 0.4) is 0 Å². The molecular formula is C35H40O4Si. The molecule has 208 valence electrons. The lowest BCUT2D eigenvalue weighted by Gasteiger charge is -2.53. The second-order valence-electron chi connectivity index (χ2n) is 12.4. The molecule has 3 aromatic rings. The maximum Gasteiger partial charge on any atom is 0.288 e. The normalized spacial score (nSPS) is 31.5. The van der Waals surface area contributed by atoms with E-state index in [1.54, 1.807) is 0 Å². The van der Waals surface area contributed by atoms with E-state index in [1.165, 1.54) is 15.6 Å². The Bertz CT molecular complexity index is 1230. The Labute approximate surface area is 239 Å². The van der Waals surface area contributed by atoms with E-state index in [0.29, 0.717) is 19.6 Å². The van der Waals surface area contributed by atoms with Crippen molar-refractivity contribution in [2.24, 2.45) is 17.3 Å². The fraction of sp³-hybridized carbons (Fsp3) is 0.429. The molecule has 5 heteroatoms. The molecule has 1 heterocycles. The van der Waals surface area contributed by atoms with Crippen LogP contribution >= 0.6 is 0 Å². The van der Waals surface area contributed by atoms with Gasteiger partial charge < -0.3 is 19.0 Å². The van der Waals surface area contributed by atoms with Crippen molar-refractivity contribution in [2.75, 3.05) is 13.2 Å². The van der Waals surface area contributed by atoms with Gasteiger partial charge in [-0.05, 0) is 64.6 Å². The van der Waals surface area contributed by atoms with Crippen molar-refractivity contribution >= 4 is 23.9 Å². The Hall–Kier alpha value is -2.54. The minimum atomic E-state index is -2.95. The first-order valence-corrected chi connectivity index (χ1v) is 17.0. The van der Waals surface area contributed by atoms with Crippen LogP contribution in [0.15, 0.2) is 103 Å². The van der Waals surface area contributed by atoms with Crippen molar-refractivity contribution in [3.63, 3.8) is 0 Å². The van der Waals surface area contributed by atoms with E-state index in [2.05, 4.69) is 97.6 Å². The average Bonchev–Trinajstić information content (AvgIpc) is 3.61. The number of rotatable bonds is 5. The predicted octanol–water partition coefficient (Wildman–Crippen LogP) is 4.69.